The molecule has 140 valence electrons. The minimum atomic E-state index is -0.597. The van der Waals surface area contributed by atoms with Crippen LogP contribution in [0.4, 0.5) is 4.79 Å². The Morgan fingerprint density at radius 1 is 1.08 bits per heavy atom. The maximum atomic E-state index is 11.8. The number of hydrogen-bond acceptors (Lipinski definition) is 4. The van der Waals surface area contributed by atoms with Crippen molar-refractivity contribution in [3.05, 3.63) is 48.0 Å². The van der Waals surface area contributed by atoms with Crippen LogP contribution in [0.5, 0.6) is 5.88 Å². The van der Waals surface area contributed by atoms with Crippen molar-refractivity contribution in [1.82, 2.24) is 9.78 Å². The topological polar surface area (TPSA) is 65.7 Å². The fourth-order valence-electron chi connectivity index (χ4n) is 2.30. The molecule has 6 heteroatoms. The summed E-state index contributed by atoms with van der Waals surface area (Å²) in [7, 11) is 0. The van der Waals surface area contributed by atoms with Crippen LogP contribution in [0.15, 0.2) is 47.6 Å². The molecule has 0 spiro atoms. The molecular weight excluding hydrogens is 330 g/mol. The van der Waals surface area contributed by atoms with Crippen molar-refractivity contribution in [2.75, 3.05) is 13.2 Å². The average Bonchev–Trinajstić information content (AvgIpc) is 2.66. The minimum absolute atomic E-state index is 0.389. The van der Waals surface area contributed by atoms with Crippen LogP contribution >= 0.6 is 0 Å². The molecule has 1 aromatic heterocycles. The lowest BCUT2D eigenvalue weighted by Crippen LogP contribution is -2.16. The number of carbonyl (C=O) groups is 1. The van der Waals surface area contributed by atoms with Gasteiger partial charge in [0, 0.05) is 6.07 Å². The first kappa shape index (κ1) is 19.7. The molecule has 0 N–H and O–H groups in total. The van der Waals surface area contributed by atoms with E-state index in [2.05, 4.69) is 23.9 Å². The lowest BCUT2D eigenvalue weighted by Gasteiger charge is -2.13. The van der Waals surface area contributed by atoms with E-state index in [1.54, 1.807) is 10.7 Å². The van der Waals surface area contributed by atoms with Gasteiger partial charge in [-0.05, 0) is 25.0 Å². The summed E-state index contributed by atoms with van der Waals surface area (Å²) < 4.78 is 12.7. The van der Waals surface area contributed by atoms with E-state index in [1.807, 2.05) is 30.3 Å². The molecule has 0 saturated carbocycles. The van der Waals surface area contributed by atoms with E-state index in [0.717, 1.165) is 37.8 Å². The molecule has 2 aromatic rings. The van der Waals surface area contributed by atoms with E-state index >= 15 is 0 Å². The highest BCUT2D eigenvalue weighted by atomic mass is 16.5. The Morgan fingerprint density at radius 3 is 2.58 bits per heavy atom. The molecule has 1 amide bonds. The van der Waals surface area contributed by atoms with Crippen molar-refractivity contribution in [1.29, 1.82) is 0 Å². The smallest absolute Gasteiger partial charge is 0.434 e. The zero-order chi connectivity index (χ0) is 18.6. The van der Waals surface area contributed by atoms with Gasteiger partial charge in [-0.2, -0.15) is 10.1 Å². The van der Waals surface area contributed by atoms with Gasteiger partial charge in [0.25, 0.3) is 0 Å². The Hall–Kier alpha value is -2.63. The van der Waals surface area contributed by atoms with Gasteiger partial charge in [-0.25, -0.2) is 9.48 Å². The van der Waals surface area contributed by atoms with Crippen LogP contribution in [0.25, 0.3) is 5.69 Å². The lowest BCUT2D eigenvalue weighted by atomic mass is 10.3. The number of benzene rings is 1. The van der Waals surface area contributed by atoms with Gasteiger partial charge in [-0.1, -0.05) is 51.3 Å². The summed E-state index contributed by atoms with van der Waals surface area (Å²) in [4.78, 5) is 15.8. The second-order valence-corrected chi connectivity index (χ2v) is 5.93. The van der Waals surface area contributed by atoms with Crippen molar-refractivity contribution in [3.63, 3.8) is 0 Å². The third kappa shape index (κ3) is 6.35. The fourth-order valence-corrected chi connectivity index (χ4v) is 2.30. The van der Waals surface area contributed by atoms with Gasteiger partial charge >= 0.3 is 6.09 Å². The molecule has 0 aliphatic heterocycles. The van der Waals surface area contributed by atoms with Crippen molar-refractivity contribution in [2.24, 2.45) is 4.99 Å². The first-order valence-corrected chi connectivity index (χ1v) is 9.23. The minimum Gasteiger partial charge on any atom is -0.478 e. The highest BCUT2D eigenvalue weighted by molar-refractivity contribution is 5.68. The van der Waals surface area contributed by atoms with Crippen molar-refractivity contribution >= 4 is 6.09 Å². The predicted octanol–water partition coefficient (Wildman–Crippen LogP) is 4.28. The molecule has 6 nitrogen and oxygen atoms in total. The van der Waals surface area contributed by atoms with Crippen LogP contribution in [-0.4, -0.2) is 29.1 Å². The highest BCUT2D eigenvalue weighted by Crippen LogP contribution is 2.14. The number of ether oxygens (including phenoxy) is 2. The van der Waals surface area contributed by atoms with Crippen LogP contribution in [0.3, 0.4) is 0 Å². The molecule has 0 radical (unpaired) electrons. The number of aromatic nitrogens is 2. The quantitative estimate of drug-likeness (QED) is 0.628. The van der Waals surface area contributed by atoms with Gasteiger partial charge in [-0.3, -0.25) is 0 Å². The number of carbonyl (C=O) groups excluding carboxylic acids is 1. The first-order chi connectivity index (χ1) is 12.7. The average molecular weight is 357 g/mol. The van der Waals surface area contributed by atoms with E-state index in [1.165, 1.54) is 6.20 Å². The molecule has 1 heterocycles. The molecule has 0 atom stereocenters. The second kappa shape index (κ2) is 11.1. The zero-order valence-corrected chi connectivity index (χ0v) is 15.6. The molecule has 0 saturated heterocycles. The molecule has 0 aliphatic carbocycles. The Labute approximate surface area is 154 Å². The third-order valence-electron chi connectivity index (χ3n) is 3.73. The van der Waals surface area contributed by atoms with Crippen molar-refractivity contribution in [2.45, 2.75) is 46.0 Å². The van der Waals surface area contributed by atoms with Crippen LogP contribution in [0, 0.1) is 0 Å². The van der Waals surface area contributed by atoms with Crippen LogP contribution in [-0.2, 0) is 4.74 Å². The largest absolute Gasteiger partial charge is 0.478 e. The van der Waals surface area contributed by atoms with Crippen LogP contribution in [0.2, 0.25) is 0 Å². The van der Waals surface area contributed by atoms with Gasteiger partial charge in [0.1, 0.15) is 0 Å². The van der Waals surface area contributed by atoms with Gasteiger partial charge in [-0.15, -0.1) is 0 Å². The SMILES string of the molecule is CCCCCOC(=O)/N=c1/cnn(-c2ccccc2)c(OCCCC)c1. The number of hydrogen-bond donors (Lipinski definition) is 0. The lowest BCUT2D eigenvalue weighted by molar-refractivity contribution is 0.154. The standard InChI is InChI=1S/C20H27N3O3/c1-3-5-10-14-26-20(24)22-17-15-19(25-13-6-4-2)23(21-16-17)18-11-8-7-9-12-18/h7-9,11-12,15-16H,3-6,10,13-14H2,1-2H3/b22-17+. The van der Waals surface area contributed by atoms with Crippen molar-refractivity contribution < 1.29 is 14.3 Å². The maximum Gasteiger partial charge on any atom is 0.434 e. The fraction of sp³-hybridized carbons (Fsp3) is 0.450. The summed E-state index contributed by atoms with van der Waals surface area (Å²) in [6, 6.07) is 11.4. The Balaban J connectivity index is 2.19. The monoisotopic (exact) mass is 357 g/mol. The van der Waals surface area contributed by atoms with E-state index in [9.17, 15) is 4.79 Å². The summed E-state index contributed by atoms with van der Waals surface area (Å²) in [5.41, 5.74) is 0.882. The van der Waals surface area contributed by atoms with Gasteiger partial charge in [0.15, 0.2) is 0 Å². The number of rotatable bonds is 9. The van der Waals surface area contributed by atoms with Gasteiger partial charge < -0.3 is 9.47 Å². The summed E-state index contributed by atoms with van der Waals surface area (Å²) in [6.45, 7) is 5.17. The van der Waals surface area contributed by atoms with E-state index in [4.69, 9.17) is 9.47 Å². The van der Waals surface area contributed by atoms with E-state index in [-0.39, 0.29) is 0 Å². The summed E-state index contributed by atoms with van der Waals surface area (Å²) in [5.74, 6) is 0.546. The van der Waals surface area contributed by atoms with Gasteiger partial charge in [0.2, 0.25) is 5.88 Å². The summed E-state index contributed by atoms with van der Waals surface area (Å²) in [6.07, 6.45) is 5.88. The Morgan fingerprint density at radius 2 is 1.85 bits per heavy atom. The summed E-state index contributed by atoms with van der Waals surface area (Å²) >= 11 is 0. The van der Waals surface area contributed by atoms with Crippen molar-refractivity contribution in [3.8, 4) is 11.6 Å². The highest BCUT2D eigenvalue weighted by Gasteiger charge is 2.06. The third-order valence-corrected chi connectivity index (χ3v) is 3.73. The zero-order valence-electron chi connectivity index (χ0n) is 15.6. The molecule has 0 fully saturated rings. The predicted molar refractivity (Wildman–Crippen MR) is 100 cm³/mol. The number of amides is 1. The molecule has 1 aromatic carbocycles. The maximum absolute atomic E-state index is 11.8. The number of unbranched alkanes of at least 4 members (excludes halogenated alkanes) is 3. The normalized spacial score (nSPS) is 11.4. The van der Waals surface area contributed by atoms with Gasteiger partial charge in [0.05, 0.1) is 30.5 Å². The molecule has 0 unspecified atom stereocenters. The first-order valence-electron chi connectivity index (χ1n) is 9.23. The molecule has 2 rings (SSSR count). The molecule has 0 bridgehead atoms. The van der Waals surface area contributed by atoms with E-state index in [0.29, 0.717) is 24.5 Å². The second-order valence-electron chi connectivity index (χ2n) is 5.93. The molecule has 0 aliphatic rings. The van der Waals surface area contributed by atoms with Crippen LogP contribution in [0.1, 0.15) is 46.0 Å². The molecule has 26 heavy (non-hydrogen) atoms. The Kier molecular flexibility index (Phi) is 8.39. The number of para-hydroxylation sites is 1. The Bertz CT molecular complexity index is 741. The summed E-state index contributed by atoms with van der Waals surface area (Å²) in [5, 5.41) is 4.80. The number of nitrogens with zero attached hydrogens (tertiary/aromatic N) is 3. The van der Waals surface area contributed by atoms with Crippen LogP contribution < -0.4 is 10.1 Å². The van der Waals surface area contributed by atoms with E-state index < -0.39 is 6.09 Å². The molecular formula is C20H27N3O3.